The standard InChI is InChI=1S/C36H41N5O5Si/c1-47(2,3)16-15-45-22-40-20-29(23-7-5-4-6-8-23)38-33(40)28-18-27-17-26(13-14-31(27)46-21-28)32-30(42)19-37-36(39-32)41(34(43)24-9-10-24)35(44)25-11-12-25/h4-8,13-14,17,19-20,24-25,28,32H,9-12,15-16,18,21-22H2,1-3H3. The van der Waals surface area contributed by atoms with Gasteiger partial charge in [-0.3, -0.25) is 14.4 Å². The molecule has 0 bridgehead atoms. The van der Waals surface area contributed by atoms with E-state index < -0.39 is 14.1 Å². The highest BCUT2D eigenvalue weighted by molar-refractivity contribution is 6.76. The van der Waals surface area contributed by atoms with Gasteiger partial charge in [-0.25, -0.2) is 19.9 Å². The fourth-order valence-electron chi connectivity index (χ4n) is 5.99. The van der Waals surface area contributed by atoms with E-state index in [9.17, 15) is 14.4 Å². The van der Waals surface area contributed by atoms with Crippen LogP contribution in [0.4, 0.5) is 0 Å². The lowest BCUT2D eigenvalue weighted by Gasteiger charge is -2.27. The molecule has 244 valence electrons. The van der Waals surface area contributed by atoms with E-state index in [-0.39, 0.29) is 41.3 Å². The van der Waals surface area contributed by atoms with Crippen LogP contribution in [0.3, 0.4) is 0 Å². The summed E-state index contributed by atoms with van der Waals surface area (Å²) >= 11 is 0. The number of ketones is 1. The van der Waals surface area contributed by atoms with Crippen molar-refractivity contribution < 1.29 is 23.9 Å². The first-order valence-electron chi connectivity index (χ1n) is 16.6. The van der Waals surface area contributed by atoms with Crippen molar-refractivity contribution >= 4 is 37.8 Å². The molecule has 0 spiro atoms. The minimum atomic E-state index is -1.23. The number of fused-ring (bicyclic) bond motifs is 1. The number of aliphatic imine (C=N–C) groups is 2. The molecule has 47 heavy (non-hydrogen) atoms. The van der Waals surface area contributed by atoms with Gasteiger partial charge in [0.2, 0.25) is 23.6 Å². The summed E-state index contributed by atoms with van der Waals surface area (Å²) < 4.78 is 14.5. The first-order chi connectivity index (χ1) is 22.6. The van der Waals surface area contributed by atoms with Gasteiger partial charge in [-0.05, 0) is 61.4 Å². The summed E-state index contributed by atoms with van der Waals surface area (Å²) in [6.07, 6.45) is 6.94. The molecule has 1 aromatic heterocycles. The molecule has 2 saturated carbocycles. The molecule has 2 unspecified atom stereocenters. The Morgan fingerprint density at radius 1 is 1.02 bits per heavy atom. The number of rotatable bonds is 10. The van der Waals surface area contributed by atoms with Gasteiger partial charge < -0.3 is 14.0 Å². The van der Waals surface area contributed by atoms with Gasteiger partial charge in [-0.15, -0.1) is 0 Å². The van der Waals surface area contributed by atoms with Gasteiger partial charge in [0.1, 0.15) is 24.3 Å². The molecule has 2 fully saturated rings. The number of guanidine groups is 1. The van der Waals surface area contributed by atoms with Crippen LogP contribution < -0.4 is 4.74 Å². The normalized spacial score (nSPS) is 20.7. The lowest BCUT2D eigenvalue weighted by Crippen LogP contribution is -2.44. The maximum Gasteiger partial charge on any atom is 0.239 e. The van der Waals surface area contributed by atoms with Gasteiger partial charge >= 0.3 is 0 Å². The van der Waals surface area contributed by atoms with E-state index in [1.807, 2.05) is 36.4 Å². The number of carbonyl (C=O) groups is 3. The molecule has 0 saturated heterocycles. The Kier molecular flexibility index (Phi) is 8.52. The van der Waals surface area contributed by atoms with Crippen LogP contribution >= 0.6 is 0 Å². The van der Waals surface area contributed by atoms with E-state index in [1.165, 1.54) is 6.21 Å². The number of nitrogens with zero attached hydrogens (tertiary/aromatic N) is 5. The molecule has 2 aromatic carbocycles. The Labute approximate surface area is 275 Å². The number of Topliss-reactive ketones (excluding diaryl/α,β-unsaturated/α-hetero) is 1. The van der Waals surface area contributed by atoms with Crippen LogP contribution in [0.25, 0.3) is 11.3 Å². The third-order valence-electron chi connectivity index (χ3n) is 9.09. The first kappa shape index (κ1) is 31.4. The summed E-state index contributed by atoms with van der Waals surface area (Å²) in [6, 6.07) is 16.0. The summed E-state index contributed by atoms with van der Waals surface area (Å²) in [5.41, 5.74) is 3.53. The van der Waals surface area contributed by atoms with Crippen molar-refractivity contribution in [1.29, 1.82) is 0 Å². The topological polar surface area (TPSA) is 115 Å². The molecule has 11 heteroatoms. The van der Waals surface area contributed by atoms with Gasteiger partial charge in [-0.1, -0.05) is 56.0 Å². The molecular formula is C36H41N5O5Si. The quantitative estimate of drug-likeness (QED) is 0.155. The molecule has 2 aliphatic carbocycles. The second kappa shape index (κ2) is 12.8. The third kappa shape index (κ3) is 7.06. The molecule has 2 aliphatic heterocycles. The van der Waals surface area contributed by atoms with Crippen molar-refractivity contribution in [2.45, 2.75) is 76.5 Å². The van der Waals surface area contributed by atoms with E-state index in [1.54, 1.807) is 0 Å². The number of ether oxygens (including phenoxy) is 2. The lowest BCUT2D eigenvalue weighted by atomic mass is 9.92. The summed E-state index contributed by atoms with van der Waals surface area (Å²) in [5, 5.41) is 0. The van der Waals surface area contributed by atoms with E-state index in [4.69, 9.17) is 14.5 Å². The highest BCUT2D eigenvalue weighted by Gasteiger charge is 2.44. The predicted octanol–water partition coefficient (Wildman–Crippen LogP) is 5.81. The zero-order chi connectivity index (χ0) is 32.7. The van der Waals surface area contributed by atoms with E-state index in [0.29, 0.717) is 31.9 Å². The molecule has 4 aliphatic rings. The van der Waals surface area contributed by atoms with Crippen LogP contribution in [-0.2, 0) is 32.3 Å². The van der Waals surface area contributed by atoms with Crippen molar-refractivity contribution in [3.63, 3.8) is 0 Å². The van der Waals surface area contributed by atoms with Crippen molar-refractivity contribution in [2.75, 3.05) is 13.2 Å². The number of amides is 2. The van der Waals surface area contributed by atoms with Crippen molar-refractivity contribution in [1.82, 2.24) is 14.5 Å². The largest absolute Gasteiger partial charge is 0.493 e. The predicted molar refractivity (Wildman–Crippen MR) is 181 cm³/mol. The second-order valence-electron chi connectivity index (χ2n) is 14.3. The maximum absolute atomic E-state index is 13.1. The molecular weight excluding hydrogens is 611 g/mol. The number of hydrogen-bond donors (Lipinski definition) is 0. The number of aromatic nitrogens is 2. The van der Waals surface area contributed by atoms with Crippen molar-refractivity contribution in [3.05, 3.63) is 71.7 Å². The SMILES string of the molecule is C[Si](C)(C)CCOCn1cc(-c2ccccc2)nc1C1COc2ccc(C3N=C(N(C(=O)C4CC4)C(=O)C4CC4)N=CC3=O)cc2C1. The molecule has 0 N–H and O–H groups in total. The van der Waals surface area contributed by atoms with Crippen molar-refractivity contribution in [3.8, 4) is 17.0 Å². The summed E-state index contributed by atoms with van der Waals surface area (Å²) in [4.78, 5) is 54.4. The fraction of sp³-hybridized carbons (Fsp3) is 0.444. The Morgan fingerprint density at radius 2 is 1.74 bits per heavy atom. The van der Waals surface area contributed by atoms with Gasteiger partial charge in [0.15, 0.2) is 0 Å². The number of benzene rings is 2. The van der Waals surface area contributed by atoms with Crippen LogP contribution in [0.15, 0.2) is 64.7 Å². The highest BCUT2D eigenvalue weighted by atomic mass is 28.3. The molecule has 7 rings (SSSR count). The van der Waals surface area contributed by atoms with E-state index >= 15 is 0 Å². The minimum absolute atomic E-state index is 0.0137. The number of imide groups is 1. The first-order valence-corrected chi connectivity index (χ1v) is 20.3. The number of hydrogen-bond acceptors (Lipinski definition) is 8. The molecule has 2 atom stereocenters. The number of carbonyl (C=O) groups excluding carboxylic acids is 3. The second-order valence-corrected chi connectivity index (χ2v) is 19.9. The molecule has 3 aromatic rings. The molecule has 3 heterocycles. The average Bonchev–Trinajstić information content (AvgIpc) is 4.00. The molecule has 2 amide bonds. The van der Waals surface area contributed by atoms with Crippen molar-refractivity contribution in [2.24, 2.45) is 21.8 Å². The highest BCUT2D eigenvalue weighted by Crippen LogP contribution is 2.38. The van der Waals surface area contributed by atoms with Gasteiger partial charge in [0.05, 0.1) is 24.4 Å². The number of imidazole rings is 1. The Morgan fingerprint density at radius 3 is 2.43 bits per heavy atom. The fourth-order valence-corrected chi connectivity index (χ4v) is 6.75. The Balaban J connectivity index is 1.14. The van der Waals surface area contributed by atoms with E-state index in [2.05, 4.69) is 52.5 Å². The third-order valence-corrected chi connectivity index (χ3v) is 10.8. The Bertz CT molecular complexity index is 1730. The van der Waals surface area contributed by atoms with Crippen LogP contribution in [0, 0.1) is 11.8 Å². The molecule has 0 radical (unpaired) electrons. The Hall–Kier alpha value is -4.22. The minimum Gasteiger partial charge on any atom is -0.493 e. The maximum atomic E-state index is 13.1. The van der Waals surface area contributed by atoms with Crippen LogP contribution in [0.1, 0.15) is 54.6 Å². The lowest BCUT2D eigenvalue weighted by molar-refractivity contribution is -0.141. The zero-order valence-corrected chi connectivity index (χ0v) is 28.2. The van der Waals surface area contributed by atoms with E-state index in [0.717, 1.165) is 65.0 Å². The van der Waals surface area contributed by atoms with Gasteiger partial charge in [0.25, 0.3) is 0 Å². The van der Waals surface area contributed by atoms with Crippen LogP contribution in [0.2, 0.25) is 25.7 Å². The monoisotopic (exact) mass is 651 g/mol. The summed E-state index contributed by atoms with van der Waals surface area (Å²) in [7, 11) is -1.23. The smallest absolute Gasteiger partial charge is 0.239 e. The molecule has 10 nitrogen and oxygen atoms in total. The van der Waals surface area contributed by atoms with Crippen LogP contribution in [-0.4, -0.2) is 65.5 Å². The zero-order valence-electron chi connectivity index (χ0n) is 27.2. The summed E-state index contributed by atoms with van der Waals surface area (Å²) in [5.74, 6) is 0.454. The van der Waals surface area contributed by atoms with Crippen LogP contribution in [0.5, 0.6) is 5.75 Å². The average molecular weight is 652 g/mol. The van der Waals surface area contributed by atoms with Gasteiger partial charge in [-0.2, -0.15) is 0 Å². The van der Waals surface area contributed by atoms with Gasteiger partial charge in [0, 0.05) is 38.3 Å². The summed E-state index contributed by atoms with van der Waals surface area (Å²) in [6.45, 7) is 8.61.